The molecule has 0 aliphatic carbocycles. The van der Waals surface area contributed by atoms with Crippen LogP contribution in [0.15, 0.2) is 40.5 Å². The second kappa shape index (κ2) is 6.37. The number of aromatic nitrogens is 2. The Kier molecular flexibility index (Phi) is 4.80. The highest BCUT2D eigenvalue weighted by atomic mass is 35.5. The maximum atomic E-state index is 6.05. The molecule has 2 aromatic rings. The summed E-state index contributed by atoms with van der Waals surface area (Å²) in [6.45, 7) is 3.94. The molecule has 2 rings (SSSR count). The summed E-state index contributed by atoms with van der Waals surface area (Å²) < 4.78 is 0. The molecule has 0 amide bonds. The van der Waals surface area contributed by atoms with Gasteiger partial charge in [-0.15, -0.1) is 0 Å². The molecule has 0 fully saturated rings. The third kappa shape index (κ3) is 4.20. The molecule has 0 radical (unpaired) electrons. The van der Waals surface area contributed by atoms with Crippen molar-refractivity contribution in [3.05, 3.63) is 46.7 Å². The summed E-state index contributed by atoms with van der Waals surface area (Å²) in [5.74, 6) is 0. The van der Waals surface area contributed by atoms with Crippen molar-refractivity contribution in [1.82, 2.24) is 9.97 Å². The van der Waals surface area contributed by atoms with Gasteiger partial charge in [0.05, 0.1) is 0 Å². The molecular weight excluding hydrogens is 278 g/mol. The quantitative estimate of drug-likeness (QED) is 0.877. The maximum absolute atomic E-state index is 6.05. The third-order valence-electron chi connectivity index (χ3n) is 2.54. The standard InChI is InChI=1S/C14H16ClN3S/c1-9(16)7-11-8-12(15)3-4-13(11)19-14-17-6-5-10(2)18-14/h3-6,8-9H,7,16H2,1-2H3. The van der Waals surface area contributed by atoms with Crippen LogP contribution in [0.2, 0.25) is 5.02 Å². The van der Waals surface area contributed by atoms with E-state index in [1.165, 1.54) is 0 Å². The van der Waals surface area contributed by atoms with E-state index < -0.39 is 0 Å². The molecule has 0 saturated heterocycles. The lowest BCUT2D eigenvalue weighted by Gasteiger charge is -2.11. The van der Waals surface area contributed by atoms with Crippen LogP contribution in [0, 0.1) is 6.92 Å². The van der Waals surface area contributed by atoms with E-state index in [0.717, 1.165) is 32.8 Å². The van der Waals surface area contributed by atoms with E-state index in [9.17, 15) is 0 Å². The molecule has 3 nitrogen and oxygen atoms in total. The van der Waals surface area contributed by atoms with Crippen LogP contribution in [0.25, 0.3) is 0 Å². The second-order valence-corrected chi connectivity index (χ2v) is 5.96. The van der Waals surface area contributed by atoms with Crippen molar-refractivity contribution in [2.45, 2.75) is 36.4 Å². The van der Waals surface area contributed by atoms with Crippen LogP contribution in [-0.2, 0) is 6.42 Å². The fourth-order valence-corrected chi connectivity index (χ4v) is 2.83. The average Bonchev–Trinajstić information content (AvgIpc) is 2.32. The first kappa shape index (κ1) is 14.3. The van der Waals surface area contributed by atoms with E-state index in [1.807, 2.05) is 38.1 Å². The van der Waals surface area contributed by atoms with Gasteiger partial charge in [0.2, 0.25) is 0 Å². The number of nitrogens with two attached hydrogens (primary N) is 1. The van der Waals surface area contributed by atoms with Gasteiger partial charge in [-0.05, 0) is 61.9 Å². The molecule has 0 aliphatic heterocycles. The molecule has 1 atom stereocenters. The highest BCUT2D eigenvalue weighted by Crippen LogP contribution is 2.30. The van der Waals surface area contributed by atoms with Gasteiger partial charge in [0.1, 0.15) is 0 Å². The Morgan fingerprint density at radius 1 is 1.37 bits per heavy atom. The molecule has 0 saturated carbocycles. The van der Waals surface area contributed by atoms with E-state index in [0.29, 0.717) is 0 Å². The Hall–Kier alpha value is -1.10. The fraction of sp³-hybridized carbons (Fsp3) is 0.286. The second-order valence-electron chi connectivity index (χ2n) is 4.52. The summed E-state index contributed by atoms with van der Waals surface area (Å²) in [5, 5.41) is 1.47. The Labute approximate surface area is 122 Å². The smallest absolute Gasteiger partial charge is 0.192 e. The van der Waals surface area contributed by atoms with Gasteiger partial charge in [-0.25, -0.2) is 9.97 Å². The van der Waals surface area contributed by atoms with Crippen LogP contribution in [0.4, 0.5) is 0 Å². The summed E-state index contributed by atoms with van der Waals surface area (Å²) in [7, 11) is 0. The minimum absolute atomic E-state index is 0.0937. The number of rotatable bonds is 4. The van der Waals surface area contributed by atoms with Gasteiger partial charge in [0.25, 0.3) is 0 Å². The molecule has 0 bridgehead atoms. The van der Waals surface area contributed by atoms with Crippen molar-refractivity contribution in [3.63, 3.8) is 0 Å². The lowest BCUT2D eigenvalue weighted by molar-refractivity contribution is 0.729. The molecule has 100 valence electrons. The van der Waals surface area contributed by atoms with Crippen LogP contribution in [0.3, 0.4) is 0 Å². The highest BCUT2D eigenvalue weighted by molar-refractivity contribution is 7.99. The summed E-state index contributed by atoms with van der Waals surface area (Å²) in [4.78, 5) is 9.77. The van der Waals surface area contributed by atoms with Gasteiger partial charge >= 0.3 is 0 Å². The third-order valence-corrected chi connectivity index (χ3v) is 3.77. The first-order valence-corrected chi connectivity index (χ1v) is 7.25. The summed E-state index contributed by atoms with van der Waals surface area (Å²) in [5.41, 5.74) is 7.97. The van der Waals surface area contributed by atoms with Crippen molar-refractivity contribution in [1.29, 1.82) is 0 Å². The van der Waals surface area contributed by atoms with E-state index in [2.05, 4.69) is 9.97 Å². The lowest BCUT2D eigenvalue weighted by atomic mass is 10.1. The molecule has 5 heteroatoms. The van der Waals surface area contributed by atoms with Crippen LogP contribution in [-0.4, -0.2) is 16.0 Å². The minimum Gasteiger partial charge on any atom is -0.328 e. The predicted octanol–water partition coefficient (Wildman–Crippen LogP) is 3.48. The Morgan fingerprint density at radius 2 is 2.16 bits per heavy atom. The highest BCUT2D eigenvalue weighted by Gasteiger charge is 2.09. The normalized spacial score (nSPS) is 12.4. The number of hydrogen-bond donors (Lipinski definition) is 1. The van der Waals surface area contributed by atoms with Crippen molar-refractivity contribution in [3.8, 4) is 0 Å². The van der Waals surface area contributed by atoms with Gasteiger partial charge in [-0.2, -0.15) is 0 Å². The molecule has 1 aromatic heterocycles. The molecule has 0 spiro atoms. The van der Waals surface area contributed by atoms with E-state index in [4.69, 9.17) is 17.3 Å². The zero-order chi connectivity index (χ0) is 13.8. The summed E-state index contributed by atoms with van der Waals surface area (Å²) in [6.07, 6.45) is 2.56. The number of halogens is 1. The first-order chi connectivity index (χ1) is 9.04. The summed E-state index contributed by atoms with van der Waals surface area (Å²) in [6, 6.07) is 7.81. The largest absolute Gasteiger partial charge is 0.328 e. The average molecular weight is 294 g/mol. The van der Waals surface area contributed by atoms with Gasteiger partial charge in [-0.3, -0.25) is 0 Å². The molecule has 2 N–H and O–H groups in total. The van der Waals surface area contributed by atoms with Gasteiger partial charge < -0.3 is 5.73 Å². The van der Waals surface area contributed by atoms with E-state index in [1.54, 1.807) is 18.0 Å². The van der Waals surface area contributed by atoms with Crippen LogP contribution in [0.1, 0.15) is 18.2 Å². The van der Waals surface area contributed by atoms with E-state index in [-0.39, 0.29) is 6.04 Å². The van der Waals surface area contributed by atoms with Crippen molar-refractivity contribution in [2.24, 2.45) is 5.73 Å². The molecule has 1 aromatic carbocycles. The maximum Gasteiger partial charge on any atom is 0.192 e. The molecular formula is C14H16ClN3S. The number of aryl methyl sites for hydroxylation is 1. The van der Waals surface area contributed by atoms with Crippen molar-refractivity contribution >= 4 is 23.4 Å². The van der Waals surface area contributed by atoms with Crippen molar-refractivity contribution in [2.75, 3.05) is 0 Å². The van der Waals surface area contributed by atoms with Crippen LogP contribution >= 0.6 is 23.4 Å². The van der Waals surface area contributed by atoms with Crippen molar-refractivity contribution < 1.29 is 0 Å². The number of benzene rings is 1. The zero-order valence-corrected chi connectivity index (χ0v) is 12.5. The molecule has 1 unspecified atom stereocenters. The monoisotopic (exact) mass is 293 g/mol. The Bertz CT molecular complexity index is 572. The first-order valence-electron chi connectivity index (χ1n) is 6.06. The number of nitrogens with zero attached hydrogens (tertiary/aromatic N) is 2. The topological polar surface area (TPSA) is 51.8 Å². The number of hydrogen-bond acceptors (Lipinski definition) is 4. The van der Waals surface area contributed by atoms with Crippen LogP contribution < -0.4 is 5.73 Å². The van der Waals surface area contributed by atoms with Crippen LogP contribution in [0.5, 0.6) is 0 Å². The SMILES string of the molecule is Cc1ccnc(Sc2ccc(Cl)cc2CC(C)N)n1. The molecule has 19 heavy (non-hydrogen) atoms. The predicted molar refractivity (Wildman–Crippen MR) is 79.7 cm³/mol. The minimum atomic E-state index is 0.0937. The Balaban J connectivity index is 2.28. The van der Waals surface area contributed by atoms with Gasteiger partial charge in [0, 0.05) is 27.9 Å². The van der Waals surface area contributed by atoms with Gasteiger partial charge in [0.15, 0.2) is 5.16 Å². The molecule has 1 heterocycles. The Morgan fingerprint density at radius 3 is 2.84 bits per heavy atom. The molecule has 0 aliphatic rings. The van der Waals surface area contributed by atoms with Gasteiger partial charge in [-0.1, -0.05) is 11.6 Å². The van der Waals surface area contributed by atoms with E-state index >= 15 is 0 Å². The fourth-order valence-electron chi connectivity index (χ4n) is 1.73. The summed E-state index contributed by atoms with van der Waals surface area (Å²) >= 11 is 7.59. The lowest BCUT2D eigenvalue weighted by Crippen LogP contribution is -2.18. The zero-order valence-electron chi connectivity index (χ0n) is 10.9.